The highest BCUT2D eigenvalue weighted by Gasteiger charge is 2.37. The molecule has 0 unspecified atom stereocenters. The second kappa shape index (κ2) is 4.44. The van der Waals surface area contributed by atoms with Gasteiger partial charge in [-0.2, -0.15) is 0 Å². The third kappa shape index (κ3) is 2.20. The Morgan fingerprint density at radius 2 is 2.29 bits per heavy atom. The van der Waals surface area contributed by atoms with Gasteiger partial charge < -0.3 is 11.1 Å². The van der Waals surface area contributed by atoms with Crippen LogP contribution in [0.15, 0.2) is 6.07 Å². The molecule has 0 atom stereocenters. The first-order valence-corrected chi connectivity index (χ1v) is 8.36. The van der Waals surface area contributed by atoms with Crippen molar-refractivity contribution in [2.24, 2.45) is 5.41 Å². The van der Waals surface area contributed by atoms with Crippen molar-refractivity contribution in [1.29, 1.82) is 0 Å². The number of nitrogens with two attached hydrogens (primary N) is 1. The van der Waals surface area contributed by atoms with Crippen LogP contribution in [-0.4, -0.2) is 17.4 Å². The van der Waals surface area contributed by atoms with Crippen molar-refractivity contribution in [2.75, 3.05) is 12.3 Å². The predicted molar refractivity (Wildman–Crippen MR) is 85.7 cm³/mol. The van der Waals surface area contributed by atoms with Gasteiger partial charge in [-0.15, -0.1) is 11.3 Å². The number of hydrogen-bond acceptors (Lipinski definition) is 4. The summed E-state index contributed by atoms with van der Waals surface area (Å²) in [5, 5.41) is 3.97. The molecule has 2 heterocycles. The number of anilines is 1. The number of aromatic nitrogens is 1. The van der Waals surface area contributed by atoms with Crippen LogP contribution in [0, 0.1) is 5.41 Å². The van der Waals surface area contributed by atoms with Crippen LogP contribution in [0.5, 0.6) is 0 Å². The number of rotatable bonds is 3. The first kappa shape index (κ1) is 13.1. The topological polar surface area (TPSA) is 68.0 Å². The summed E-state index contributed by atoms with van der Waals surface area (Å²) in [5.41, 5.74) is 9.58. The molecule has 5 heteroatoms. The normalized spacial score (nSPS) is 18.7. The number of nitrogens with zero attached hydrogens (tertiary/aromatic N) is 1. The van der Waals surface area contributed by atoms with Crippen LogP contribution < -0.4 is 11.1 Å². The Bertz CT molecular complexity index is 746. The van der Waals surface area contributed by atoms with Crippen molar-refractivity contribution < 1.29 is 4.79 Å². The zero-order valence-electron chi connectivity index (χ0n) is 12.2. The highest BCUT2D eigenvalue weighted by molar-refractivity contribution is 7.21. The molecular formula is C16H19N3OS. The average Bonchev–Trinajstić information content (AvgIpc) is 2.91. The minimum Gasteiger partial charge on any atom is -0.397 e. The monoisotopic (exact) mass is 301 g/mol. The molecule has 2 aliphatic rings. The maximum Gasteiger partial charge on any atom is 0.263 e. The van der Waals surface area contributed by atoms with E-state index in [1.807, 2.05) is 0 Å². The Morgan fingerprint density at radius 1 is 1.48 bits per heavy atom. The lowest BCUT2D eigenvalue weighted by Crippen LogP contribution is -2.28. The largest absolute Gasteiger partial charge is 0.397 e. The highest BCUT2D eigenvalue weighted by Crippen LogP contribution is 2.44. The van der Waals surface area contributed by atoms with Crippen LogP contribution in [0.2, 0.25) is 0 Å². The number of amides is 1. The van der Waals surface area contributed by atoms with Gasteiger partial charge in [0.25, 0.3) is 5.91 Å². The molecule has 2 aliphatic carbocycles. The molecule has 4 nitrogen and oxygen atoms in total. The summed E-state index contributed by atoms with van der Waals surface area (Å²) in [7, 11) is 0. The van der Waals surface area contributed by atoms with Gasteiger partial charge in [0.05, 0.1) is 5.69 Å². The minimum absolute atomic E-state index is 0.0521. The molecule has 2 aromatic rings. The Morgan fingerprint density at radius 3 is 3.05 bits per heavy atom. The summed E-state index contributed by atoms with van der Waals surface area (Å²) in [5.74, 6) is -0.0521. The maximum absolute atomic E-state index is 12.4. The van der Waals surface area contributed by atoms with Crippen LogP contribution >= 0.6 is 11.3 Å². The molecule has 0 bridgehead atoms. The van der Waals surface area contributed by atoms with E-state index in [1.54, 1.807) is 0 Å². The van der Waals surface area contributed by atoms with E-state index in [-0.39, 0.29) is 5.91 Å². The van der Waals surface area contributed by atoms with Crippen LogP contribution in [0.4, 0.5) is 5.69 Å². The van der Waals surface area contributed by atoms with Crippen molar-refractivity contribution in [3.8, 4) is 0 Å². The van der Waals surface area contributed by atoms with Crippen molar-refractivity contribution in [1.82, 2.24) is 10.3 Å². The number of nitrogen functional groups attached to an aromatic ring is 1. The van der Waals surface area contributed by atoms with Crippen molar-refractivity contribution in [2.45, 2.75) is 39.0 Å². The molecule has 1 fully saturated rings. The molecule has 2 aromatic heterocycles. The third-order valence-electron chi connectivity index (χ3n) is 4.73. The third-order valence-corrected chi connectivity index (χ3v) is 5.85. The molecule has 110 valence electrons. The van der Waals surface area contributed by atoms with E-state index >= 15 is 0 Å². The number of pyridine rings is 1. The van der Waals surface area contributed by atoms with Crippen molar-refractivity contribution in [3.63, 3.8) is 0 Å². The number of carbonyl (C=O) groups excluding carboxylic acids is 1. The number of carbonyl (C=O) groups is 1. The van der Waals surface area contributed by atoms with Crippen LogP contribution in [0.3, 0.4) is 0 Å². The van der Waals surface area contributed by atoms with Crippen LogP contribution in [0.1, 0.15) is 47.1 Å². The molecule has 0 aliphatic heterocycles. The Hall–Kier alpha value is -1.62. The fourth-order valence-corrected chi connectivity index (χ4v) is 3.94. The quantitative estimate of drug-likeness (QED) is 0.916. The van der Waals surface area contributed by atoms with Gasteiger partial charge in [-0.05, 0) is 49.1 Å². The summed E-state index contributed by atoms with van der Waals surface area (Å²) in [4.78, 5) is 18.6. The SMILES string of the molecule is CC1(CNC(=O)c2sc3nc4c(cc3c2N)CCC4)CC1. The first-order chi connectivity index (χ1) is 10.1. The smallest absolute Gasteiger partial charge is 0.263 e. The van der Waals surface area contributed by atoms with Crippen LogP contribution in [0.25, 0.3) is 10.2 Å². The Labute approximate surface area is 127 Å². The summed E-state index contributed by atoms with van der Waals surface area (Å²) < 4.78 is 0. The number of thiophene rings is 1. The summed E-state index contributed by atoms with van der Waals surface area (Å²) in [6, 6.07) is 2.13. The van der Waals surface area contributed by atoms with E-state index in [4.69, 9.17) is 10.7 Å². The lowest BCUT2D eigenvalue weighted by molar-refractivity contribution is 0.0951. The van der Waals surface area contributed by atoms with Gasteiger partial charge in [0.1, 0.15) is 9.71 Å². The summed E-state index contributed by atoms with van der Waals surface area (Å²) in [6.45, 7) is 2.94. The molecule has 0 aromatic carbocycles. The lowest BCUT2D eigenvalue weighted by atomic mass is 10.1. The van der Waals surface area contributed by atoms with Gasteiger partial charge in [0.15, 0.2) is 0 Å². The zero-order valence-corrected chi connectivity index (χ0v) is 13.0. The van der Waals surface area contributed by atoms with E-state index in [0.717, 1.165) is 29.6 Å². The highest BCUT2D eigenvalue weighted by atomic mass is 32.1. The van der Waals surface area contributed by atoms with Gasteiger partial charge in [-0.3, -0.25) is 4.79 Å². The van der Waals surface area contributed by atoms with E-state index in [0.29, 0.717) is 16.0 Å². The average molecular weight is 301 g/mol. The van der Waals surface area contributed by atoms with Gasteiger partial charge in [0.2, 0.25) is 0 Å². The van der Waals surface area contributed by atoms with Crippen molar-refractivity contribution >= 4 is 33.1 Å². The molecule has 1 amide bonds. The second-order valence-corrected chi connectivity index (χ2v) is 7.64. The van der Waals surface area contributed by atoms with Gasteiger partial charge in [0, 0.05) is 17.6 Å². The number of nitrogens with one attached hydrogen (secondary N) is 1. The van der Waals surface area contributed by atoms with E-state index in [9.17, 15) is 4.79 Å². The maximum atomic E-state index is 12.4. The van der Waals surface area contributed by atoms with E-state index < -0.39 is 0 Å². The first-order valence-electron chi connectivity index (χ1n) is 7.55. The number of aryl methyl sites for hydroxylation is 2. The molecule has 0 spiro atoms. The van der Waals surface area contributed by atoms with Crippen LogP contribution in [-0.2, 0) is 12.8 Å². The molecule has 21 heavy (non-hydrogen) atoms. The van der Waals surface area contributed by atoms with Gasteiger partial charge in [-0.25, -0.2) is 4.98 Å². The predicted octanol–water partition coefficient (Wildman–Crippen LogP) is 2.90. The fraction of sp³-hybridized carbons (Fsp3) is 0.500. The molecule has 4 rings (SSSR count). The zero-order chi connectivity index (χ0) is 14.6. The lowest BCUT2D eigenvalue weighted by Gasteiger charge is -2.09. The fourth-order valence-electron chi connectivity index (χ4n) is 2.93. The number of hydrogen-bond donors (Lipinski definition) is 2. The molecule has 0 saturated heterocycles. The summed E-state index contributed by atoms with van der Waals surface area (Å²) in [6.07, 6.45) is 5.69. The van der Waals surface area contributed by atoms with Gasteiger partial charge >= 0.3 is 0 Å². The van der Waals surface area contributed by atoms with E-state index in [1.165, 1.54) is 41.9 Å². The standard InChI is InChI=1S/C16H19N3OS/c1-16(5-6-16)8-18-14(20)13-12(17)10-7-9-3-2-4-11(9)19-15(10)21-13/h7H,2-6,8,17H2,1H3,(H,18,20). The Balaban J connectivity index is 1.65. The minimum atomic E-state index is -0.0521. The summed E-state index contributed by atoms with van der Waals surface area (Å²) >= 11 is 1.42. The molecular weight excluding hydrogens is 282 g/mol. The van der Waals surface area contributed by atoms with E-state index in [2.05, 4.69) is 18.3 Å². The molecule has 0 radical (unpaired) electrons. The van der Waals surface area contributed by atoms with Gasteiger partial charge in [-0.1, -0.05) is 6.92 Å². The Kier molecular flexibility index (Phi) is 2.76. The molecule has 3 N–H and O–H groups in total. The number of fused-ring (bicyclic) bond motifs is 2. The second-order valence-electron chi connectivity index (χ2n) is 6.64. The van der Waals surface area contributed by atoms with Crippen molar-refractivity contribution in [3.05, 3.63) is 22.2 Å². The molecule has 1 saturated carbocycles.